The number of unbranched alkanes of at least 4 members (excludes halogenated alkanes) is 6. The molecule has 0 aromatic carbocycles. The molecule has 3 aromatic rings. The monoisotopic (exact) mass is 314 g/mol. The van der Waals surface area contributed by atoms with Crippen molar-refractivity contribution < 1.29 is 0 Å². The zero-order valence-corrected chi connectivity index (χ0v) is 13.4. The molecule has 0 aliphatic carbocycles. The van der Waals surface area contributed by atoms with Crippen molar-refractivity contribution in [3.05, 3.63) is 28.6 Å². The number of nitrogens with one attached hydrogen (secondary N) is 2. The van der Waals surface area contributed by atoms with Gasteiger partial charge in [0.2, 0.25) is 0 Å². The maximum absolute atomic E-state index is 12.2. The van der Waals surface area contributed by atoms with Crippen molar-refractivity contribution in [2.75, 3.05) is 0 Å². The third-order valence-corrected chi connectivity index (χ3v) is 3.99. The summed E-state index contributed by atoms with van der Waals surface area (Å²) in [6.45, 7) is 2.23. The number of H-pyrrole nitrogens is 2. The Morgan fingerprint density at radius 3 is 2.87 bits per heavy atom. The normalized spacial score (nSPS) is 12.0. The van der Waals surface area contributed by atoms with Crippen LogP contribution in [0.5, 0.6) is 0 Å². The lowest BCUT2D eigenvalue weighted by molar-refractivity contribution is 0.611. The number of allylic oxidation sites excluding steroid dienone is 1. The Morgan fingerprint density at radius 1 is 1.17 bits per heavy atom. The molecule has 23 heavy (non-hydrogen) atoms. The van der Waals surface area contributed by atoms with Gasteiger partial charge in [0.15, 0.2) is 11.5 Å². The number of aromatic amines is 2. The summed E-state index contributed by atoms with van der Waals surface area (Å²) in [7, 11) is 0. The van der Waals surface area contributed by atoms with Crippen LogP contribution in [0.2, 0.25) is 0 Å². The van der Waals surface area contributed by atoms with Gasteiger partial charge in [-0.25, -0.2) is 9.20 Å². The highest BCUT2D eigenvalue weighted by molar-refractivity contribution is 5.88. The zero-order valence-electron chi connectivity index (χ0n) is 13.4. The van der Waals surface area contributed by atoms with Gasteiger partial charge in [-0.15, -0.1) is 10.2 Å². The summed E-state index contributed by atoms with van der Waals surface area (Å²) in [6, 6.07) is 0. The first kappa shape index (κ1) is 15.5. The zero-order chi connectivity index (χ0) is 16.1. The third kappa shape index (κ3) is 3.33. The summed E-state index contributed by atoms with van der Waals surface area (Å²) in [6.07, 6.45) is 14.2. The molecule has 2 N–H and O–H groups in total. The van der Waals surface area contributed by atoms with Crippen LogP contribution in [-0.4, -0.2) is 29.8 Å². The van der Waals surface area contributed by atoms with E-state index in [1.54, 1.807) is 6.20 Å². The second kappa shape index (κ2) is 7.21. The van der Waals surface area contributed by atoms with Gasteiger partial charge in [-0.2, -0.15) is 5.10 Å². The van der Waals surface area contributed by atoms with Crippen molar-refractivity contribution in [2.45, 2.75) is 51.9 Å². The van der Waals surface area contributed by atoms with E-state index in [4.69, 9.17) is 0 Å². The molecule has 0 spiro atoms. The molecule has 0 saturated heterocycles. The van der Waals surface area contributed by atoms with Gasteiger partial charge in [0.05, 0.1) is 11.6 Å². The molecule has 122 valence electrons. The quantitative estimate of drug-likeness (QED) is 0.625. The second-order valence-corrected chi connectivity index (χ2v) is 5.76. The Hall–Kier alpha value is -2.44. The van der Waals surface area contributed by atoms with E-state index in [-0.39, 0.29) is 5.69 Å². The molecule has 3 heterocycles. The predicted molar refractivity (Wildman–Crippen MR) is 90.3 cm³/mol. The maximum Gasteiger partial charge on any atom is 0.334 e. The largest absolute Gasteiger partial charge is 0.334 e. The standard InChI is InChI=1S/C16H22N6O/c1-2-3-4-5-6-7-8-9-10-13-19-21-15-12-11-17-20-14(12)18-16(23)22(13)15/h9-11H,2-8H2,1H3,(H2,17,18,20,23)/b10-9+. The van der Waals surface area contributed by atoms with Crippen LogP contribution in [0.1, 0.15) is 57.7 Å². The topological polar surface area (TPSA) is 91.7 Å². The minimum Gasteiger partial charge on any atom is -0.291 e. The summed E-state index contributed by atoms with van der Waals surface area (Å²) >= 11 is 0. The van der Waals surface area contributed by atoms with Gasteiger partial charge >= 0.3 is 5.69 Å². The first-order chi connectivity index (χ1) is 11.3. The van der Waals surface area contributed by atoms with Crippen molar-refractivity contribution >= 4 is 22.8 Å². The summed E-state index contributed by atoms with van der Waals surface area (Å²) in [4.78, 5) is 14.9. The molecule has 0 amide bonds. The van der Waals surface area contributed by atoms with Crippen molar-refractivity contribution in [1.29, 1.82) is 0 Å². The van der Waals surface area contributed by atoms with Crippen LogP contribution in [0.25, 0.3) is 22.8 Å². The molecule has 0 atom stereocenters. The minimum atomic E-state index is -0.263. The highest BCUT2D eigenvalue weighted by Crippen LogP contribution is 2.13. The Labute approximate surface area is 133 Å². The first-order valence-corrected chi connectivity index (χ1v) is 8.28. The highest BCUT2D eigenvalue weighted by atomic mass is 16.1. The minimum absolute atomic E-state index is 0.263. The SMILES string of the molecule is CCCCCCCC/C=C/c1nnc2c3cn[nH]c3[nH]c(=O)n12. The van der Waals surface area contributed by atoms with Crippen LogP contribution in [0.15, 0.2) is 17.1 Å². The Balaban J connectivity index is 1.67. The van der Waals surface area contributed by atoms with Gasteiger partial charge in [0.1, 0.15) is 5.65 Å². The predicted octanol–water partition coefficient (Wildman–Crippen LogP) is 3.06. The molecule has 0 fully saturated rings. The summed E-state index contributed by atoms with van der Waals surface area (Å²) in [5, 5.41) is 15.6. The van der Waals surface area contributed by atoms with Crippen LogP contribution in [0.3, 0.4) is 0 Å². The maximum atomic E-state index is 12.2. The van der Waals surface area contributed by atoms with E-state index in [2.05, 4.69) is 38.4 Å². The van der Waals surface area contributed by atoms with E-state index in [9.17, 15) is 4.79 Å². The molecule has 0 bridgehead atoms. The van der Waals surface area contributed by atoms with Crippen molar-refractivity contribution in [3.63, 3.8) is 0 Å². The number of hydrogen-bond acceptors (Lipinski definition) is 4. The third-order valence-electron chi connectivity index (χ3n) is 3.99. The average molecular weight is 314 g/mol. The van der Waals surface area contributed by atoms with E-state index in [1.165, 1.54) is 42.9 Å². The molecule has 0 saturated carbocycles. The number of aromatic nitrogens is 6. The summed E-state index contributed by atoms with van der Waals surface area (Å²) in [5.74, 6) is 0.551. The lowest BCUT2D eigenvalue weighted by Gasteiger charge is -1.97. The molecule has 0 aliphatic rings. The molecular weight excluding hydrogens is 292 g/mol. The smallest absolute Gasteiger partial charge is 0.291 e. The van der Waals surface area contributed by atoms with Crippen molar-refractivity contribution in [3.8, 4) is 0 Å². The summed E-state index contributed by atoms with van der Waals surface area (Å²) < 4.78 is 1.48. The Morgan fingerprint density at radius 2 is 2.00 bits per heavy atom. The van der Waals surface area contributed by atoms with Crippen LogP contribution in [-0.2, 0) is 0 Å². The Kier molecular flexibility index (Phi) is 4.85. The van der Waals surface area contributed by atoms with Crippen LogP contribution in [0, 0.1) is 0 Å². The molecule has 0 unspecified atom stereocenters. The van der Waals surface area contributed by atoms with Crippen molar-refractivity contribution in [1.82, 2.24) is 29.8 Å². The van der Waals surface area contributed by atoms with Gasteiger partial charge in [0, 0.05) is 0 Å². The van der Waals surface area contributed by atoms with E-state index >= 15 is 0 Å². The molecule has 3 rings (SSSR count). The molecule has 0 radical (unpaired) electrons. The molecule has 0 aliphatic heterocycles. The number of rotatable bonds is 8. The highest BCUT2D eigenvalue weighted by Gasteiger charge is 2.11. The fraction of sp³-hybridized carbons (Fsp3) is 0.500. The molecule has 7 heteroatoms. The van der Waals surface area contributed by atoms with Gasteiger partial charge < -0.3 is 0 Å². The number of hydrogen-bond donors (Lipinski definition) is 2. The second-order valence-electron chi connectivity index (χ2n) is 5.76. The van der Waals surface area contributed by atoms with Crippen LogP contribution < -0.4 is 5.69 Å². The average Bonchev–Trinajstić information content (AvgIpc) is 3.16. The number of nitrogens with zero attached hydrogens (tertiary/aromatic N) is 4. The van der Waals surface area contributed by atoms with Crippen LogP contribution in [0.4, 0.5) is 0 Å². The van der Waals surface area contributed by atoms with Gasteiger partial charge in [-0.1, -0.05) is 45.1 Å². The van der Waals surface area contributed by atoms with Gasteiger partial charge in [0.25, 0.3) is 0 Å². The van der Waals surface area contributed by atoms with E-state index in [0.717, 1.165) is 11.8 Å². The molecular formula is C16H22N6O. The summed E-state index contributed by atoms with van der Waals surface area (Å²) in [5.41, 5.74) is 0.829. The van der Waals surface area contributed by atoms with E-state index in [1.807, 2.05) is 6.08 Å². The van der Waals surface area contributed by atoms with E-state index in [0.29, 0.717) is 17.1 Å². The van der Waals surface area contributed by atoms with E-state index < -0.39 is 0 Å². The Bertz CT molecular complexity index is 856. The first-order valence-electron chi connectivity index (χ1n) is 8.28. The lowest BCUT2D eigenvalue weighted by atomic mass is 10.1. The number of fused-ring (bicyclic) bond motifs is 3. The van der Waals surface area contributed by atoms with Gasteiger partial charge in [-0.05, 0) is 18.9 Å². The van der Waals surface area contributed by atoms with Crippen molar-refractivity contribution in [2.24, 2.45) is 0 Å². The fourth-order valence-electron chi connectivity index (χ4n) is 2.72. The molecule has 7 nitrogen and oxygen atoms in total. The molecule has 3 aromatic heterocycles. The fourth-order valence-corrected chi connectivity index (χ4v) is 2.72. The van der Waals surface area contributed by atoms with Crippen LogP contribution >= 0.6 is 0 Å². The van der Waals surface area contributed by atoms with Gasteiger partial charge in [-0.3, -0.25) is 10.1 Å². The lowest BCUT2D eigenvalue weighted by Crippen LogP contribution is -2.17.